The predicted molar refractivity (Wildman–Crippen MR) is 101 cm³/mol. The molecule has 2 N–H and O–H groups in total. The summed E-state index contributed by atoms with van der Waals surface area (Å²) in [4.78, 5) is 18.6. The van der Waals surface area contributed by atoms with Gasteiger partial charge in [0.1, 0.15) is 0 Å². The Morgan fingerprint density at radius 2 is 1.17 bits per heavy atom. The molecule has 0 saturated carbocycles. The molecule has 0 rings (SSSR count). The van der Waals surface area contributed by atoms with E-state index < -0.39 is 7.60 Å². The van der Waals surface area contributed by atoms with Crippen LogP contribution in [0.25, 0.3) is 0 Å². The van der Waals surface area contributed by atoms with E-state index >= 15 is 0 Å². The quantitative estimate of drug-likeness (QED) is 0.266. The first-order chi connectivity index (χ1) is 10.9. The number of rotatable bonds is 15. The Bertz CT molecular complexity index is 296. The third-order valence-corrected chi connectivity index (χ3v) is 6.21. The van der Waals surface area contributed by atoms with Gasteiger partial charge in [-0.1, -0.05) is 91.9 Å². The normalized spacial score (nSPS) is 16.3. The molecule has 4 heteroatoms. The van der Waals surface area contributed by atoms with Gasteiger partial charge in [0.2, 0.25) is 0 Å². The molecular weight excluding hydrogens is 307 g/mol. The van der Waals surface area contributed by atoms with Crippen molar-refractivity contribution in [3.8, 4) is 0 Å². The van der Waals surface area contributed by atoms with Gasteiger partial charge in [0.25, 0.3) is 0 Å². The average molecular weight is 349 g/mol. The molecule has 0 aliphatic rings. The van der Waals surface area contributed by atoms with Crippen LogP contribution < -0.4 is 0 Å². The largest absolute Gasteiger partial charge is 0.325 e. The van der Waals surface area contributed by atoms with Gasteiger partial charge >= 0.3 is 7.60 Å². The standard InChI is InChI=1S/C19H41O3P/c1-5-9-11-13-17(7-3)19(15-16-23(20,21)22)18(8-4)14-12-10-6-2/h17-19H,5-16H2,1-4H3,(H2,20,21,22). The number of hydrogen-bond acceptors (Lipinski definition) is 1. The summed E-state index contributed by atoms with van der Waals surface area (Å²) in [6.45, 7) is 8.96. The summed E-state index contributed by atoms with van der Waals surface area (Å²) in [6.07, 6.45) is 13.0. The van der Waals surface area contributed by atoms with Gasteiger partial charge in [-0.05, 0) is 24.2 Å². The molecule has 0 amide bonds. The Hall–Kier alpha value is 0.150. The predicted octanol–water partition coefficient (Wildman–Crippen LogP) is 6.38. The lowest BCUT2D eigenvalue weighted by Crippen LogP contribution is -2.25. The third kappa shape index (κ3) is 11.3. The Balaban J connectivity index is 4.87. The molecule has 2 atom stereocenters. The van der Waals surface area contributed by atoms with Crippen LogP contribution in [0.15, 0.2) is 0 Å². The van der Waals surface area contributed by atoms with Gasteiger partial charge in [0.05, 0.1) is 6.16 Å². The van der Waals surface area contributed by atoms with E-state index in [9.17, 15) is 14.4 Å². The van der Waals surface area contributed by atoms with E-state index in [0.29, 0.717) is 24.2 Å². The molecule has 140 valence electrons. The molecule has 23 heavy (non-hydrogen) atoms. The van der Waals surface area contributed by atoms with Crippen molar-refractivity contribution in [2.75, 3.05) is 6.16 Å². The monoisotopic (exact) mass is 348 g/mol. The third-order valence-electron chi connectivity index (χ3n) is 5.37. The van der Waals surface area contributed by atoms with Gasteiger partial charge in [-0.3, -0.25) is 4.57 Å². The van der Waals surface area contributed by atoms with Crippen molar-refractivity contribution in [3.05, 3.63) is 0 Å². The fourth-order valence-electron chi connectivity index (χ4n) is 3.93. The molecule has 0 aromatic carbocycles. The molecule has 0 saturated heterocycles. The summed E-state index contributed by atoms with van der Waals surface area (Å²) >= 11 is 0. The molecule has 0 bridgehead atoms. The lowest BCUT2D eigenvalue weighted by Gasteiger charge is -2.33. The maximum absolute atomic E-state index is 11.4. The summed E-state index contributed by atoms with van der Waals surface area (Å²) < 4.78 is 11.4. The summed E-state index contributed by atoms with van der Waals surface area (Å²) in [5.74, 6) is 1.73. The number of hydrogen-bond donors (Lipinski definition) is 2. The topological polar surface area (TPSA) is 57.5 Å². The number of unbranched alkanes of at least 4 members (excludes halogenated alkanes) is 4. The summed E-state index contributed by atoms with van der Waals surface area (Å²) in [5, 5.41) is 0. The van der Waals surface area contributed by atoms with Crippen molar-refractivity contribution in [2.45, 2.75) is 98.3 Å². The van der Waals surface area contributed by atoms with Crippen LogP contribution in [0, 0.1) is 17.8 Å². The lowest BCUT2D eigenvalue weighted by atomic mass is 9.73. The van der Waals surface area contributed by atoms with Crippen LogP contribution in [0.5, 0.6) is 0 Å². The second-order valence-electron chi connectivity index (χ2n) is 7.17. The van der Waals surface area contributed by atoms with Gasteiger partial charge in [-0.15, -0.1) is 0 Å². The summed E-state index contributed by atoms with van der Waals surface area (Å²) in [7, 11) is -3.88. The fraction of sp³-hybridized carbons (Fsp3) is 1.00. The first kappa shape index (κ1) is 23.1. The summed E-state index contributed by atoms with van der Waals surface area (Å²) in [5.41, 5.74) is 0. The van der Waals surface area contributed by atoms with Gasteiger partial charge < -0.3 is 9.79 Å². The molecule has 0 radical (unpaired) electrons. The molecule has 3 nitrogen and oxygen atoms in total. The maximum Gasteiger partial charge on any atom is 0.325 e. The zero-order valence-electron chi connectivity index (χ0n) is 16.0. The highest BCUT2D eigenvalue weighted by molar-refractivity contribution is 7.51. The first-order valence-corrected chi connectivity index (χ1v) is 11.7. The zero-order valence-corrected chi connectivity index (χ0v) is 16.9. The fourth-order valence-corrected chi connectivity index (χ4v) is 4.56. The van der Waals surface area contributed by atoms with Crippen molar-refractivity contribution >= 4 is 7.60 Å². The minimum Gasteiger partial charge on any atom is -0.324 e. The first-order valence-electron chi connectivity index (χ1n) is 9.94. The molecule has 0 aliphatic carbocycles. The van der Waals surface area contributed by atoms with E-state index in [1.54, 1.807) is 0 Å². The maximum atomic E-state index is 11.4. The second-order valence-corrected chi connectivity index (χ2v) is 8.95. The van der Waals surface area contributed by atoms with E-state index in [1.165, 1.54) is 51.4 Å². The summed E-state index contributed by atoms with van der Waals surface area (Å²) in [6, 6.07) is 0. The second kappa shape index (κ2) is 13.4. The van der Waals surface area contributed by atoms with Crippen LogP contribution in [-0.2, 0) is 4.57 Å². The van der Waals surface area contributed by atoms with Crippen molar-refractivity contribution in [2.24, 2.45) is 17.8 Å². The van der Waals surface area contributed by atoms with E-state index in [0.717, 1.165) is 12.8 Å². The van der Waals surface area contributed by atoms with Crippen molar-refractivity contribution in [1.82, 2.24) is 0 Å². The van der Waals surface area contributed by atoms with Gasteiger partial charge in [0, 0.05) is 0 Å². The molecule has 0 aromatic rings. The highest BCUT2D eigenvalue weighted by Crippen LogP contribution is 2.42. The highest BCUT2D eigenvalue weighted by atomic mass is 31.2. The van der Waals surface area contributed by atoms with Crippen LogP contribution >= 0.6 is 7.60 Å². The van der Waals surface area contributed by atoms with Crippen molar-refractivity contribution in [3.63, 3.8) is 0 Å². The minimum absolute atomic E-state index is 0.0617. The molecule has 0 aromatic heterocycles. The average Bonchev–Trinajstić information content (AvgIpc) is 2.50. The van der Waals surface area contributed by atoms with Gasteiger partial charge in [-0.2, -0.15) is 0 Å². The Morgan fingerprint density at radius 3 is 1.48 bits per heavy atom. The van der Waals surface area contributed by atoms with Crippen molar-refractivity contribution < 1.29 is 14.4 Å². The lowest BCUT2D eigenvalue weighted by molar-refractivity contribution is 0.178. The SMILES string of the molecule is CCCCCC(CC)C(CCP(=O)(O)O)C(CC)CCCCC. The Labute approximate surface area is 144 Å². The van der Waals surface area contributed by atoms with Crippen LogP contribution in [0.3, 0.4) is 0 Å². The molecule has 0 fully saturated rings. The molecule has 0 heterocycles. The van der Waals surface area contributed by atoms with Crippen molar-refractivity contribution in [1.29, 1.82) is 0 Å². The van der Waals surface area contributed by atoms with Gasteiger partial charge in [-0.25, -0.2) is 0 Å². The van der Waals surface area contributed by atoms with Gasteiger partial charge in [0.15, 0.2) is 0 Å². The Kier molecular flexibility index (Phi) is 13.5. The highest BCUT2D eigenvalue weighted by Gasteiger charge is 2.29. The van der Waals surface area contributed by atoms with Crippen LogP contribution in [0.2, 0.25) is 0 Å². The zero-order chi connectivity index (χ0) is 17.7. The molecule has 0 aliphatic heterocycles. The van der Waals surface area contributed by atoms with E-state index in [4.69, 9.17) is 0 Å². The molecule has 2 unspecified atom stereocenters. The van der Waals surface area contributed by atoms with E-state index in [1.807, 2.05) is 0 Å². The van der Waals surface area contributed by atoms with E-state index in [-0.39, 0.29) is 6.16 Å². The minimum atomic E-state index is -3.88. The smallest absolute Gasteiger partial charge is 0.324 e. The van der Waals surface area contributed by atoms with Crippen LogP contribution in [0.4, 0.5) is 0 Å². The van der Waals surface area contributed by atoms with E-state index in [2.05, 4.69) is 27.7 Å². The van der Waals surface area contributed by atoms with Crippen LogP contribution in [0.1, 0.15) is 98.3 Å². The van der Waals surface area contributed by atoms with Crippen LogP contribution in [-0.4, -0.2) is 15.9 Å². The molecule has 0 spiro atoms. The Morgan fingerprint density at radius 1 is 0.739 bits per heavy atom. The molecular formula is C19H41O3P.